The molecule has 1 aromatic rings. The summed E-state index contributed by atoms with van der Waals surface area (Å²) in [5.74, 6) is -0.838. The maximum atomic E-state index is 13.3. The number of rotatable bonds is 3. The average Bonchev–Trinajstić information content (AvgIpc) is 2.13. The second-order valence-corrected chi connectivity index (χ2v) is 3.40. The van der Waals surface area contributed by atoms with E-state index in [-0.39, 0.29) is 24.3 Å². The van der Waals surface area contributed by atoms with Gasteiger partial charge in [-0.1, -0.05) is 11.6 Å². The first-order valence-corrected chi connectivity index (χ1v) is 4.63. The van der Waals surface area contributed by atoms with Gasteiger partial charge in [-0.25, -0.2) is 4.39 Å². The van der Waals surface area contributed by atoms with Crippen molar-refractivity contribution >= 4 is 17.4 Å². The first-order valence-electron chi connectivity index (χ1n) is 4.25. The van der Waals surface area contributed by atoms with E-state index in [0.29, 0.717) is 10.6 Å². The molecular weight excluding hydrogens is 205 g/mol. The Morgan fingerprint density at radius 1 is 1.57 bits per heavy atom. The van der Waals surface area contributed by atoms with Crippen molar-refractivity contribution in [2.75, 3.05) is 6.54 Å². The highest BCUT2D eigenvalue weighted by Gasteiger charge is 2.15. The molecule has 0 fully saturated rings. The predicted molar refractivity (Wildman–Crippen MR) is 54.1 cm³/mol. The fourth-order valence-corrected chi connectivity index (χ4v) is 1.41. The van der Waals surface area contributed by atoms with E-state index in [2.05, 4.69) is 0 Å². The molecule has 0 bridgehead atoms. The Morgan fingerprint density at radius 3 is 2.79 bits per heavy atom. The molecule has 0 atom stereocenters. The Bertz CT molecular complexity index is 365. The zero-order valence-corrected chi connectivity index (χ0v) is 8.57. The first-order chi connectivity index (χ1) is 6.57. The van der Waals surface area contributed by atoms with Crippen molar-refractivity contribution in [3.8, 4) is 0 Å². The van der Waals surface area contributed by atoms with E-state index in [1.165, 1.54) is 12.1 Å². The molecule has 4 heteroatoms. The highest BCUT2D eigenvalue weighted by Crippen LogP contribution is 2.22. The summed E-state index contributed by atoms with van der Waals surface area (Å²) in [6.45, 7) is 1.83. The van der Waals surface area contributed by atoms with Gasteiger partial charge in [0.05, 0.1) is 5.56 Å². The standard InChI is InChI=1S/C10H11ClFNO/c1-6-7(11)2-3-8(12)10(6)9(14)4-5-13/h2-3H,4-5,13H2,1H3. The summed E-state index contributed by atoms with van der Waals surface area (Å²) in [7, 11) is 0. The normalized spacial score (nSPS) is 10.3. The van der Waals surface area contributed by atoms with Gasteiger partial charge in [0.25, 0.3) is 0 Å². The van der Waals surface area contributed by atoms with E-state index >= 15 is 0 Å². The molecule has 0 aliphatic heterocycles. The predicted octanol–water partition coefficient (Wildman–Crippen LogP) is 2.32. The molecule has 1 rings (SSSR count). The van der Waals surface area contributed by atoms with Crippen molar-refractivity contribution in [3.05, 3.63) is 34.1 Å². The molecule has 76 valence electrons. The molecular formula is C10H11ClFNO. The molecule has 0 radical (unpaired) electrons. The third-order valence-corrected chi connectivity index (χ3v) is 2.41. The van der Waals surface area contributed by atoms with Crippen LogP contribution in [0, 0.1) is 12.7 Å². The molecule has 0 aliphatic carbocycles. The van der Waals surface area contributed by atoms with Crippen LogP contribution >= 0.6 is 11.6 Å². The summed E-state index contributed by atoms with van der Waals surface area (Å²) in [5, 5.41) is 0.395. The molecule has 2 nitrogen and oxygen atoms in total. The number of benzene rings is 1. The number of carbonyl (C=O) groups is 1. The Hall–Kier alpha value is -0.930. The quantitative estimate of drug-likeness (QED) is 0.787. The number of hydrogen-bond acceptors (Lipinski definition) is 2. The van der Waals surface area contributed by atoms with E-state index in [0.717, 1.165) is 0 Å². The van der Waals surface area contributed by atoms with Crippen LogP contribution in [-0.2, 0) is 0 Å². The molecule has 0 spiro atoms. The summed E-state index contributed by atoms with van der Waals surface area (Å²) in [6, 6.07) is 2.63. The number of Topliss-reactive ketones (excluding diaryl/α,β-unsaturated/α-hetero) is 1. The fourth-order valence-electron chi connectivity index (χ4n) is 1.25. The van der Waals surface area contributed by atoms with Crippen LogP contribution in [0.5, 0.6) is 0 Å². The second kappa shape index (κ2) is 4.53. The molecule has 0 aliphatic rings. The lowest BCUT2D eigenvalue weighted by Crippen LogP contribution is -2.11. The summed E-state index contributed by atoms with van der Waals surface area (Å²) < 4.78 is 13.3. The lowest BCUT2D eigenvalue weighted by molar-refractivity contribution is 0.0981. The molecule has 14 heavy (non-hydrogen) atoms. The molecule has 0 heterocycles. The van der Waals surface area contributed by atoms with Crippen LogP contribution in [0.3, 0.4) is 0 Å². The third-order valence-electron chi connectivity index (χ3n) is 2.00. The number of halogens is 2. The van der Waals surface area contributed by atoms with E-state index in [1.807, 2.05) is 0 Å². The molecule has 1 aromatic carbocycles. The Kier molecular flexibility index (Phi) is 3.61. The summed E-state index contributed by atoms with van der Waals surface area (Å²) in [5.41, 5.74) is 5.76. The van der Waals surface area contributed by atoms with Gasteiger partial charge in [-0.15, -0.1) is 0 Å². The van der Waals surface area contributed by atoms with Crippen LogP contribution in [-0.4, -0.2) is 12.3 Å². The summed E-state index contributed by atoms with van der Waals surface area (Å²) in [4.78, 5) is 11.5. The molecule has 0 aromatic heterocycles. The largest absolute Gasteiger partial charge is 0.330 e. The van der Waals surface area contributed by atoms with E-state index in [4.69, 9.17) is 17.3 Å². The minimum absolute atomic E-state index is 0.0583. The number of carbonyl (C=O) groups excluding carboxylic acids is 1. The van der Waals surface area contributed by atoms with Crippen molar-refractivity contribution in [1.29, 1.82) is 0 Å². The minimum atomic E-state index is -0.537. The Morgan fingerprint density at radius 2 is 2.21 bits per heavy atom. The third kappa shape index (κ3) is 2.11. The maximum Gasteiger partial charge on any atom is 0.167 e. The lowest BCUT2D eigenvalue weighted by Gasteiger charge is -2.06. The average molecular weight is 216 g/mol. The van der Waals surface area contributed by atoms with E-state index in [1.54, 1.807) is 6.92 Å². The SMILES string of the molecule is Cc1c(Cl)ccc(F)c1C(=O)CCN. The van der Waals surface area contributed by atoms with Crippen molar-refractivity contribution in [2.24, 2.45) is 5.73 Å². The van der Waals surface area contributed by atoms with Crippen LogP contribution in [0.1, 0.15) is 22.3 Å². The van der Waals surface area contributed by atoms with Crippen molar-refractivity contribution in [3.63, 3.8) is 0 Å². The molecule has 0 amide bonds. The van der Waals surface area contributed by atoms with Gasteiger partial charge in [0.2, 0.25) is 0 Å². The summed E-state index contributed by atoms with van der Waals surface area (Å²) in [6.07, 6.45) is 0.137. The van der Waals surface area contributed by atoms with Crippen molar-refractivity contribution < 1.29 is 9.18 Å². The van der Waals surface area contributed by atoms with Crippen LogP contribution < -0.4 is 5.73 Å². The number of ketones is 1. The van der Waals surface area contributed by atoms with Gasteiger partial charge in [0.15, 0.2) is 5.78 Å². The van der Waals surface area contributed by atoms with Crippen molar-refractivity contribution in [2.45, 2.75) is 13.3 Å². The smallest absolute Gasteiger partial charge is 0.167 e. The Labute approximate surface area is 86.9 Å². The topological polar surface area (TPSA) is 43.1 Å². The first kappa shape index (κ1) is 11.1. The number of hydrogen-bond donors (Lipinski definition) is 1. The van der Waals surface area contributed by atoms with Gasteiger partial charge in [0.1, 0.15) is 5.82 Å². The lowest BCUT2D eigenvalue weighted by atomic mass is 10.0. The minimum Gasteiger partial charge on any atom is -0.330 e. The van der Waals surface area contributed by atoms with Crippen LogP contribution in [0.2, 0.25) is 5.02 Å². The monoisotopic (exact) mass is 215 g/mol. The van der Waals surface area contributed by atoms with Gasteiger partial charge in [0, 0.05) is 11.4 Å². The maximum absolute atomic E-state index is 13.3. The molecule has 0 saturated heterocycles. The van der Waals surface area contributed by atoms with Crippen molar-refractivity contribution in [1.82, 2.24) is 0 Å². The highest BCUT2D eigenvalue weighted by atomic mass is 35.5. The van der Waals surface area contributed by atoms with Crippen LogP contribution in [0.25, 0.3) is 0 Å². The summed E-state index contributed by atoms with van der Waals surface area (Å²) >= 11 is 5.78. The molecule has 0 saturated carbocycles. The number of nitrogens with two attached hydrogens (primary N) is 1. The second-order valence-electron chi connectivity index (χ2n) is 2.99. The zero-order valence-electron chi connectivity index (χ0n) is 7.81. The van der Waals surface area contributed by atoms with Crippen LogP contribution in [0.15, 0.2) is 12.1 Å². The van der Waals surface area contributed by atoms with Gasteiger partial charge in [-0.05, 0) is 31.2 Å². The van der Waals surface area contributed by atoms with E-state index < -0.39 is 5.82 Å². The van der Waals surface area contributed by atoms with E-state index in [9.17, 15) is 9.18 Å². The molecule has 0 unspecified atom stereocenters. The van der Waals surface area contributed by atoms with Gasteiger partial charge in [-0.3, -0.25) is 4.79 Å². The zero-order chi connectivity index (χ0) is 10.7. The fraction of sp³-hybridized carbons (Fsp3) is 0.300. The van der Waals surface area contributed by atoms with Gasteiger partial charge >= 0.3 is 0 Å². The Balaban J connectivity index is 3.18. The van der Waals surface area contributed by atoms with Gasteiger partial charge in [-0.2, -0.15) is 0 Å². The molecule has 2 N–H and O–H groups in total. The van der Waals surface area contributed by atoms with Gasteiger partial charge < -0.3 is 5.73 Å². The highest BCUT2D eigenvalue weighted by molar-refractivity contribution is 6.31. The van der Waals surface area contributed by atoms with Crippen LogP contribution in [0.4, 0.5) is 4.39 Å².